The Morgan fingerprint density at radius 3 is 2.89 bits per heavy atom. The maximum Gasteiger partial charge on any atom is 0.228 e. The molecule has 0 spiro atoms. The largest absolute Gasteiger partial charge is 0.380 e. The minimum atomic E-state index is 0.0700. The zero-order valence-electron chi connectivity index (χ0n) is 11.1. The predicted molar refractivity (Wildman–Crippen MR) is 74.4 cm³/mol. The zero-order valence-corrected chi connectivity index (χ0v) is 11.1. The summed E-state index contributed by atoms with van der Waals surface area (Å²) in [6, 6.07) is 6.09. The number of anilines is 2. The summed E-state index contributed by atoms with van der Waals surface area (Å²) < 4.78 is 5.29. The van der Waals surface area contributed by atoms with Crippen LogP contribution in [0.2, 0.25) is 0 Å². The van der Waals surface area contributed by atoms with Crippen molar-refractivity contribution in [2.45, 2.75) is 6.42 Å². The van der Waals surface area contributed by atoms with Gasteiger partial charge in [0, 0.05) is 36.9 Å². The van der Waals surface area contributed by atoms with Crippen LogP contribution in [0.3, 0.4) is 0 Å². The average molecular weight is 261 g/mol. The Morgan fingerprint density at radius 1 is 1.47 bits per heavy atom. The van der Waals surface area contributed by atoms with Crippen molar-refractivity contribution in [1.29, 1.82) is 0 Å². The highest BCUT2D eigenvalue weighted by atomic mass is 16.5. The van der Waals surface area contributed by atoms with Gasteiger partial charge < -0.3 is 20.7 Å². The molecule has 0 saturated carbocycles. The van der Waals surface area contributed by atoms with Gasteiger partial charge in [-0.1, -0.05) is 0 Å². The van der Waals surface area contributed by atoms with E-state index in [0.29, 0.717) is 13.0 Å². The van der Waals surface area contributed by atoms with Crippen LogP contribution in [0.25, 0.3) is 0 Å². The normalized spacial score (nSPS) is 19.6. The van der Waals surface area contributed by atoms with Gasteiger partial charge in [0.15, 0.2) is 0 Å². The number of carbonyl (C=O) groups excluding carboxylic acids is 1. The maximum atomic E-state index is 11.4. The summed E-state index contributed by atoms with van der Waals surface area (Å²) in [6.07, 6.45) is 0.474. The molecule has 0 radical (unpaired) electrons. The Kier molecular flexibility index (Phi) is 2.95. The van der Waals surface area contributed by atoms with Gasteiger partial charge in [0.05, 0.1) is 19.6 Å². The maximum absolute atomic E-state index is 11.4. The highest BCUT2D eigenvalue weighted by Crippen LogP contribution is 2.31. The Bertz CT molecular complexity index is 506. The number of nitrogens with one attached hydrogen (secondary N) is 1. The molecular weight excluding hydrogens is 242 g/mol. The first-order chi connectivity index (χ1) is 9.12. The summed E-state index contributed by atoms with van der Waals surface area (Å²) in [6.45, 7) is 2.99. The first kappa shape index (κ1) is 12.4. The summed E-state index contributed by atoms with van der Waals surface area (Å²) in [4.78, 5) is 13.5. The van der Waals surface area contributed by atoms with Gasteiger partial charge in [-0.05, 0) is 23.8 Å². The molecule has 1 amide bonds. The van der Waals surface area contributed by atoms with E-state index < -0.39 is 0 Å². The molecule has 5 heteroatoms. The second kappa shape index (κ2) is 4.51. The molecule has 1 aromatic carbocycles. The van der Waals surface area contributed by atoms with E-state index in [1.165, 1.54) is 0 Å². The highest BCUT2D eigenvalue weighted by Gasteiger charge is 2.38. The van der Waals surface area contributed by atoms with Gasteiger partial charge in [-0.25, -0.2) is 0 Å². The van der Waals surface area contributed by atoms with Crippen LogP contribution in [0, 0.1) is 5.41 Å². The number of nitrogens with two attached hydrogens (primary N) is 1. The number of nitrogens with zero attached hydrogens (tertiary/aromatic N) is 1. The first-order valence-electron chi connectivity index (χ1n) is 6.54. The molecule has 1 aromatic rings. The van der Waals surface area contributed by atoms with Gasteiger partial charge in [-0.3, -0.25) is 4.79 Å². The molecule has 0 unspecified atom stereocenters. The summed E-state index contributed by atoms with van der Waals surface area (Å²) in [5.74, 6) is 0.0700. The minimum absolute atomic E-state index is 0.0700. The standard InChI is InChI=1S/C14H19N3O2/c1-17(7-14(6-15)8-19-9-14)11-2-3-12-10(4-11)5-13(18)16-12/h2-4H,5-9,15H2,1H3,(H,16,18). The fourth-order valence-electron chi connectivity index (χ4n) is 2.71. The molecule has 0 bridgehead atoms. The van der Waals surface area contributed by atoms with Gasteiger partial charge >= 0.3 is 0 Å². The first-order valence-corrected chi connectivity index (χ1v) is 6.54. The Morgan fingerprint density at radius 2 is 2.26 bits per heavy atom. The molecule has 0 atom stereocenters. The molecule has 0 aliphatic carbocycles. The fourth-order valence-corrected chi connectivity index (χ4v) is 2.71. The minimum Gasteiger partial charge on any atom is -0.380 e. The number of ether oxygens (including phenoxy) is 1. The fraction of sp³-hybridized carbons (Fsp3) is 0.500. The summed E-state index contributed by atoms with van der Waals surface area (Å²) in [5, 5.41) is 2.85. The van der Waals surface area contributed by atoms with Crippen molar-refractivity contribution in [3.05, 3.63) is 23.8 Å². The van der Waals surface area contributed by atoms with Gasteiger partial charge in [-0.2, -0.15) is 0 Å². The van der Waals surface area contributed by atoms with Crippen molar-refractivity contribution in [1.82, 2.24) is 0 Å². The van der Waals surface area contributed by atoms with E-state index in [1.807, 2.05) is 12.1 Å². The zero-order chi connectivity index (χ0) is 13.5. The van der Waals surface area contributed by atoms with Crippen molar-refractivity contribution >= 4 is 17.3 Å². The Hall–Kier alpha value is -1.59. The van der Waals surface area contributed by atoms with E-state index in [-0.39, 0.29) is 11.3 Å². The van der Waals surface area contributed by atoms with Crippen LogP contribution in [0.15, 0.2) is 18.2 Å². The van der Waals surface area contributed by atoms with Crippen molar-refractivity contribution in [3.63, 3.8) is 0 Å². The lowest BCUT2D eigenvalue weighted by Gasteiger charge is -2.43. The highest BCUT2D eigenvalue weighted by molar-refractivity contribution is 5.99. The molecule has 2 heterocycles. The number of hydrogen-bond donors (Lipinski definition) is 2. The number of carbonyl (C=O) groups is 1. The molecule has 3 N–H and O–H groups in total. The number of fused-ring (bicyclic) bond motifs is 1. The van der Waals surface area contributed by atoms with Gasteiger partial charge in [0.1, 0.15) is 0 Å². The molecule has 0 aromatic heterocycles. The monoisotopic (exact) mass is 261 g/mol. The Labute approximate surface area is 112 Å². The van der Waals surface area contributed by atoms with E-state index in [4.69, 9.17) is 10.5 Å². The topological polar surface area (TPSA) is 67.6 Å². The summed E-state index contributed by atoms with van der Waals surface area (Å²) in [5.41, 5.74) is 9.05. The van der Waals surface area contributed by atoms with Gasteiger partial charge in [-0.15, -0.1) is 0 Å². The van der Waals surface area contributed by atoms with Crippen molar-refractivity contribution in [2.24, 2.45) is 11.1 Å². The molecule has 1 saturated heterocycles. The van der Waals surface area contributed by atoms with Crippen LogP contribution in [-0.2, 0) is 16.0 Å². The van der Waals surface area contributed by atoms with Crippen molar-refractivity contribution < 1.29 is 9.53 Å². The van der Waals surface area contributed by atoms with E-state index in [0.717, 1.165) is 36.7 Å². The second-order valence-electron chi connectivity index (χ2n) is 5.62. The number of amides is 1. The molecule has 102 valence electrons. The molecule has 19 heavy (non-hydrogen) atoms. The van der Waals surface area contributed by atoms with E-state index >= 15 is 0 Å². The van der Waals surface area contributed by atoms with Gasteiger partial charge in [0.25, 0.3) is 0 Å². The SMILES string of the molecule is CN(CC1(CN)COC1)c1ccc2c(c1)CC(=O)N2. The van der Waals surface area contributed by atoms with Crippen LogP contribution in [0.1, 0.15) is 5.56 Å². The third-order valence-electron chi connectivity index (χ3n) is 3.98. The lowest BCUT2D eigenvalue weighted by Crippen LogP contribution is -2.54. The summed E-state index contributed by atoms with van der Waals surface area (Å²) in [7, 11) is 2.06. The van der Waals surface area contributed by atoms with Crippen LogP contribution in [0.4, 0.5) is 11.4 Å². The predicted octanol–water partition coefficient (Wildman–Crippen LogP) is 0.593. The molecule has 2 aliphatic rings. The van der Waals surface area contributed by atoms with Crippen LogP contribution >= 0.6 is 0 Å². The molecule has 2 aliphatic heterocycles. The third kappa shape index (κ3) is 2.19. The van der Waals surface area contributed by atoms with Gasteiger partial charge in [0.2, 0.25) is 5.91 Å². The van der Waals surface area contributed by atoms with Crippen LogP contribution in [-0.4, -0.2) is 39.3 Å². The lowest BCUT2D eigenvalue weighted by atomic mass is 9.85. The second-order valence-corrected chi connectivity index (χ2v) is 5.62. The Balaban J connectivity index is 1.75. The lowest BCUT2D eigenvalue weighted by molar-refractivity contribution is -0.115. The van der Waals surface area contributed by atoms with Crippen molar-refractivity contribution in [3.8, 4) is 0 Å². The number of benzene rings is 1. The quantitative estimate of drug-likeness (QED) is 0.832. The number of rotatable bonds is 4. The third-order valence-corrected chi connectivity index (χ3v) is 3.98. The molecule has 1 fully saturated rings. The average Bonchev–Trinajstić information content (AvgIpc) is 2.72. The molecular formula is C14H19N3O2. The van der Waals surface area contributed by atoms with E-state index in [9.17, 15) is 4.79 Å². The van der Waals surface area contributed by atoms with Crippen LogP contribution < -0.4 is 16.0 Å². The van der Waals surface area contributed by atoms with Crippen molar-refractivity contribution in [2.75, 3.05) is 43.6 Å². The van der Waals surface area contributed by atoms with E-state index in [2.05, 4.69) is 23.3 Å². The van der Waals surface area contributed by atoms with E-state index in [1.54, 1.807) is 0 Å². The smallest absolute Gasteiger partial charge is 0.228 e. The molecule has 5 nitrogen and oxygen atoms in total. The van der Waals surface area contributed by atoms with Crippen LogP contribution in [0.5, 0.6) is 0 Å². The number of hydrogen-bond acceptors (Lipinski definition) is 4. The molecule has 3 rings (SSSR count). The summed E-state index contributed by atoms with van der Waals surface area (Å²) >= 11 is 0.